The van der Waals surface area contributed by atoms with Gasteiger partial charge in [-0.25, -0.2) is 0 Å². The monoisotopic (exact) mass is 378 g/mol. The molecule has 2 aromatic rings. The Balaban J connectivity index is 2.05. The van der Waals surface area contributed by atoms with Crippen molar-refractivity contribution in [2.45, 2.75) is 43.9 Å². The zero-order valence-electron chi connectivity index (χ0n) is 14.1. The van der Waals surface area contributed by atoms with Crippen molar-refractivity contribution in [2.75, 3.05) is 7.11 Å². The Morgan fingerprint density at radius 3 is 2.13 bits per heavy atom. The second kappa shape index (κ2) is 9.89. The fourth-order valence-electron chi connectivity index (χ4n) is 2.49. The van der Waals surface area contributed by atoms with Gasteiger partial charge < -0.3 is 0 Å². The Morgan fingerprint density at radius 1 is 0.957 bits per heavy atom. The van der Waals surface area contributed by atoms with Crippen LogP contribution < -0.4 is 4.46 Å². The second-order valence-corrected chi connectivity index (χ2v) is 8.21. The van der Waals surface area contributed by atoms with E-state index in [4.69, 9.17) is 9.47 Å². The van der Waals surface area contributed by atoms with Crippen LogP contribution in [0.3, 0.4) is 0 Å². The van der Waals surface area contributed by atoms with E-state index in [0.29, 0.717) is 26.4 Å². The van der Waals surface area contributed by atoms with Crippen molar-refractivity contribution < 1.29 is 9.47 Å². The van der Waals surface area contributed by atoms with Crippen LogP contribution in [0.25, 0.3) is 0 Å². The molecule has 124 valence electrons. The summed E-state index contributed by atoms with van der Waals surface area (Å²) in [5.41, 5.74) is 1.22. The summed E-state index contributed by atoms with van der Waals surface area (Å²) in [4.78, 5) is 0.406. The summed E-state index contributed by atoms with van der Waals surface area (Å²) in [7, 11) is 1.79. The molecule has 3 heteroatoms. The minimum absolute atomic E-state index is 0.191. The van der Waals surface area contributed by atoms with Crippen molar-refractivity contribution in [3.05, 3.63) is 66.2 Å². The van der Waals surface area contributed by atoms with Gasteiger partial charge in [0.2, 0.25) is 0 Å². The molecule has 0 aliphatic heterocycles. The van der Waals surface area contributed by atoms with Gasteiger partial charge in [0.05, 0.1) is 0 Å². The Hall–Kier alpha value is -1.12. The summed E-state index contributed by atoms with van der Waals surface area (Å²) in [5, 5.41) is 0. The number of benzene rings is 2. The Kier molecular flexibility index (Phi) is 7.84. The maximum absolute atomic E-state index is 6.27. The maximum atomic E-state index is 6.27. The summed E-state index contributed by atoms with van der Waals surface area (Å²) in [6.45, 7) is 5.02. The third-order valence-electron chi connectivity index (χ3n) is 3.93. The van der Waals surface area contributed by atoms with Gasteiger partial charge in [-0.05, 0) is 0 Å². The molecule has 2 nitrogen and oxygen atoms in total. The van der Waals surface area contributed by atoms with Crippen molar-refractivity contribution in [3.63, 3.8) is 0 Å². The molecule has 0 amide bonds. The Morgan fingerprint density at radius 2 is 1.57 bits per heavy atom. The van der Waals surface area contributed by atoms with Crippen molar-refractivity contribution in [1.82, 2.24) is 0 Å². The standard InChI is InChI=1S/C20H26O2Se/c1-4-19(22-15-17-11-7-5-8-12-17)20(16(2)21-3)23-18-13-9-6-10-14-18/h5-14,16,19-20H,4,15H2,1-3H3/t16-,19-,20-/m1/s1. The van der Waals surface area contributed by atoms with Gasteiger partial charge >= 0.3 is 146 Å². The summed E-state index contributed by atoms with van der Waals surface area (Å²) in [5.74, 6) is 0. The van der Waals surface area contributed by atoms with Crippen LogP contribution in [-0.2, 0) is 16.1 Å². The number of methoxy groups -OCH3 is 1. The Labute approximate surface area is 146 Å². The van der Waals surface area contributed by atoms with E-state index in [1.54, 1.807) is 7.11 Å². The SMILES string of the molecule is CC[C@@H](OCc1ccccc1)[C@H]([Se]c1ccccc1)[C@@H](C)OC. The van der Waals surface area contributed by atoms with E-state index in [-0.39, 0.29) is 12.2 Å². The average molecular weight is 377 g/mol. The molecule has 2 aromatic carbocycles. The van der Waals surface area contributed by atoms with Gasteiger partial charge in [0, 0.05) is 0 Å². The van der Waals surface area contributed by atoms with Gasteiger partial charge in [-0.1, -0.05) is 0 Å². The van der Waals surface area contributed by atoms with Gasteiger partial charge in [0.25, 0.3) is 0 Å². The predicted molar refractivity (Wildman–Crippen MR) is 97.4 cm³/mol. The molecule has 0 aromatic heterocycles. The topological polar surface area (TPSA) is 18.5 Å². The van der Waals surface area contributed by atoms with E-state index in [2.05, 4.69) is 68.4 Å². The van der Waals surface area contributed by atoms with Crippen LogP contribution in [0.2, 0.25) is 4.82 Å². The number of rotatable bonds is 9. The first-order valence-electron chi connectivity index (χ1n) is 8.14. The van der Waals surface area contributed by atoms with E-state index in [9.17, 15) is 0 Å². The molecular formula is C20H26O2Se. The van der Waals surface area contributed by atoms with Crippen LogP contribution in [0, 0.1) is 0 Å². The number of ether oxygens (including phenoxy) is 2. The fourth-order valence-corrected chi connectivity index (χ4v) is 5.33. The first kappa shape index (κ1) is 18.2. The first-order chi connectivity index (χ1) is 11.2. The molecule has 0 heterocycles. The Bertz CT molecular complexity index is 544. The summed E-state index contributed by atoms with van der Waals surface area (Å²) >= 11 is 0.327. The molecular weight excluding hydrogens is 351 g/mol. The third kappa shape index (κ3) is 5.78. The van der Waals surface area contributed by atoms with Crippen LogP contribution in [0.5, 0.6) is 0 Å². The van der Waals surface area contributed by atoms with Crippen molar-refractivity contribution in [2.24, 2.45) is 0 Å². The van der Waals surface area contributed by atoms with Gasteiger partial charge in [-0.15, -0.1) is 0 Å². The van der Waals surface area contributed by atoms with E-state index in [1.165, 1.54) is 10.0 Å². The van der Waals surface area contributed by atoms with E-state index < -0.39 is 0 Å². The summed E-state index contributed by atoms with van der Waals surface area (Å²) in [6.07, 6.45) is 1.40. The van der Waals surface area contributed by atoms with Gasteiger partial charge in [0.1, 0.15) is 0 Å². The third-order valence-corrected chi connectivity index (χ3v) is 7.08. The summed E-state index contributed by atoms with van der Waals surface area (Å²) in [6, 6.07) is 21.1. The molecule has 0 radical (unpaired) electrons. The quantitative estimate of drug-likeness (QED) is 0.619. The van der Waals surface area contributed by atoms with Crippen LogP contribution in [0.1, 0.15) is 25.8 Å². The fraction of sp³-hybridized carbons (Fsp3) is 0.400. The molecule has 0 bridgehead atoms. The molecule has 3 atom stereocenters. The minimum atomic E-state index is 0.191. The van der Waals surface area contributed by atoms with Gasteiger partial charge in [0.15, 0.2) is 0 Å². The number of hydrogen-bond acceptors (Lipinski definition) is 2. The van der Waals surface area contributed by atoms with Gasteiger partial charge in [-0.3, -0.25) is 0 Å². The van der Waals surface area contributed by atoms with E-state index in [0.717, 1.165) is 6.42 Å². The molecule has 23 heavy (non-hydrogen) atoms. The van der Waals surface area contributed by atoms with E-state index >= 15 is 0 Å². The molecule has 0 N–H and O–H groups in total. The van der Waals surface area contributed by atoms with Crippen molar-refractivity contribution in [1.29, 1.82) is 0 Å². The summed E-state index contributed by atoms with van der Waals surface area (Å²) < 4.78 is 13.3. The molecule has 0 fully saturated rings. The molecule has 0 aliphatic carbocycles. The zero-order chi connectivity index (χ0) is 16.5. The van der Waals surface area contributed by atoms with Crippen molar-refractivity contribution >= 4 is 19.4 Å². The van der Waals surface area contributed by atoms with Crippen LogP contribution in [0.15, 0.2) is 60.7 Å². The average Bonchev–Trinajstić information content (AvgIpc) is 2.62. The molecule has 2 rings (SSSR count). The first-order valence-corrected chi connectivity index (χ1v) is 9.99. The number of hydrogen-bond donors (Lipinski definition) is 0. The second-order valence-electron chi connectivity index (χ2n) is 5.58. The van der Waals surface area contributed by atoms with Crippen molar-refractivity contribution in [3.8, 4) is 0 Å². The van der Waals surface area contributed by atoms with Crippen LogP contribution in [0.4, 0.5) is 0 Å². The molecule has 0 spiro atoms. The van der Waals surface area contributed by atoms with E-state index in [1.807, 2.05) is 6.07 Å². The molecule has 0 unspecified atom stereocenters. The van der Waals surface area contributed by atoms with Crippen LogP contribution in [-0.4, -0.2) is 34.3 Å². The molecule has 0 saturated heterocycles. The van der Waals surface area contributed by atoms with Gasteiger partial charge in [-0.2, -0.15) is 0 Å². The van der Waals surface area contributed by atoms with Crippen LogP contribution >= 0.6 is 0 Å². The normalized spacial score (nSPS) is 15.1. The zero-order valence-corrected chi connectivity index (χ0v) is 15.9. The predicted octanol–water partition coefficient (Wildman–Crippen LogP) is 3.83. The molecule has 0 saturated carbocycles. The molecule has 0 aliphatic rings.